The molecule has 1 aliphatic carbocycles. The second kappa shape index (κ2) is 6.13. The van der Waals surface area contributed by atoms with Crippen molar-refractivity contribution < 1.29 is 9.26 Å². The van der Waals surface area contributed by atoms with Crippen molar-refractivity contribution in [3.63, 3.8) is 0 Å². The van der Waals surface area contributed by atoms with E-state index in [1.807, 2.05) is 6.33 Å². The molecule has 2 aromatic heterocycles. The SMILES string of the molecule is Cl.c1nc2c([nH]1)CCN(Cc1noc(C3CC3)n1)C21CCOCC1. The molecule has 0 radical (unpaired) electrons. The Morgan fingerprint density at radius 2 is 2.12 bits per heavy atom. The number of hydrogen-bond acceptors (Lipinski definition) is 6. The summed E-state index contributed by atoms with van der Waals surface area (Å²) in [6.07, 6.45) is 7.12. The van der Waals surface area contributed by atoms with E-state index >= 15 is 0 Å². The fourth-order valence-corrected chi connectivity index (χ4v) is 4.01. The molecule has 1 N–H and O–H groups in total. The smallest absolute Gasteiger partial charge is 0.229 e. The van der Waals surface area contributed by atoms with E-state index in [9.17, 15) is 0 Å². The molecule has 0 unspecified atom stereocenters. The molecule has 0 atom stereocenters. The van der Waals surface area contributed by atoms with Crippen molar-refractivity contribution in [2.24, 2.45) is 0 Å². The number of hydrogen-bond donors (Lipinski definition) is 1. The minimum Gasteiger partial charge on any atom is -0.381 e. The van der Waals surface area contributed by atoms with Crippen LogP contribution < -0.4 is 0 Å². The number of imidazole rings is 1. The third-order valence-corrected chi connectivity index (χ3v) is 5.46. The molecule has 2 aliphatic heterocycles. The van der Waals surface area contributed by atoms with Gasteiger partial charge in [0, 0.05) is 37.8 Å². The number of halogens is 1. The van der Waals surface area contributed by atoms with Crippen LogP contribution >= 0.6 is 12.4 Å². The maximum Gasteiger partial charge on any atom is 0.229 e. The van der Waals surface area contributed by atoms with Crippen LogP contribution in [0.15, 0.2) is 10.9 Å². The molecule has 1 spiro atoms. The number of nitrogens with one attached hydrogen (secondary N) is 1. The lowest BCUT2D eigenvalue weighted by Gasteiger charge is -2.47. The minimum absolute atomic E-state index is 0. The van der Waals surface area contributed by atoms with E-state index in [0.717, 1.165) is 57.3 Å². The van der Waals surface area contributed by atoms with Gasteiger partial charge >= 0.3 is 0 Å². The first-order valence-electron chi connectivity index (χ1n) is 8.53. The Kier molecular flexibility index (Phi) is 4.10. The van der Waals surface area contributed by atoms with E-state index in [1.54, 1.807) is 0 Å². The number of H-pyrrole nitrogens is 1. The molecular weight excluding hydrogens is 330 g/mol. The molecule has 1 saturated carbocycles. The third kappa shape index (κ3) is 2.55. The van der Waals surface area contributed by atoms with E-state index < -0.39 is 0 Å². The molecule has 1 saturated heterocycles. The van der Waals surface area contributed by atoms with Crippen LogP contribution in [0.25, 0.3) is 0 Å². The summed E-state index contributed by atoms with van der Waals surface area (Å²) in [6.45, 7) is 3.27. The van der Waals surface area contributed by atoms with Gasteiger partial charge in [0.1, 0.15) is 0 Å². The lowest BCUT2D eigenvalue weighted by Crippen LogP contribution is -2.53. The van der Waals surface area contributed by atoms with Gasteiger partial charge in [0.2, 0.25) is 5.89 Å². The summed E-state index contributed by atoms with van der Waals surface area (Å²) in [5.41, 5.74) is 2.42. The fourth-order valence-electron chi connectivity index (χ4n) is 4.01. The van der Waals surface area contributed by atoms with Gasteiger partial charge in [-0.1, -0.05) is 5.16 Å². The van der Waals surface area contributed by atoms with Crippen molar-refractivity contribution in [1.29, 1.82) is 0 Å². The van der Waals surface area contributed by atoms with Gasteiger partial charge in [-0.25, -0.2) is 4.98 Å². The summed E-state index contributed by atoms with van der Waals surface area (Å²) in [5, 5.41) is 4.21. The van der Waals surface area contributed by atoms with Crippen molar-refractivity contribution in [1.82, 2.24) is 25.0 Å². The van der Waals surface area contributed by atoms with Crippen LogP contribution in [-0.2, 0) is 23.2 Å². The quantitative estimate of drug-likeness (QED) is 0.912. The zero-order valence-corrected chi connectivity index (χ0v) is 14.3. The highest BCUT2D eigenvalue weighted by molar-refractivity contribution is 5.85. The standard InChI is InChI=1S/C16H21N5O2.ClH/c1-2-11(1)15-19-13(20-23-15)9-21-6-3-12-14(18-10-17-12)16(21)4-7-22-8-5-16;/h10-11H,1-9H2,(H,17,18);1H. The first kappa shape index (κ1) is 16.1. The van der Waals surface area contributed by atoms with Crippen molar-refractivity contribution >= 4 is 12.4 Å². The van der Waals surface area contributed by atoms with Crippen LogP contribution in [0.5, 0.6) is 0 Å². The molecular formula is C16H22ClN5O2. The summed E-state index contributed by atoms with van der Waals surface area (Å²) in [4.78, 5) is 15.1. The molecule has 7 nitrogen and oxygen atoms in total. The minimum atomic E-state index is -0.0494. The second-order valence-electron chi connectivity index (χ2n) is 6.87. The Morgan fingerprint density at radius 1 is 1.29 bits per heavy atom. The molecule has 0 amide bonds. The highest BCUT2D eigenvalue weighted by Gasteiger charge is 2.46. The maximum atomic E-state index is 5.62. The van der Waals surface area contributed by atoms with Gasteiger partial charge in [-0.3, -0.25) is 4.90 Å². The largest absolute Gasteiger partial charge is 0.381 e. The van der Waals surface area contributed by atoms with Gasteiger partial charge in [-0.2, -0.15) is 4.98 Å². The monoisotopic (exact) mass is 351 g/mol. The summed E-state index contributed by atoms with van der Waals surface area (Å²) >= 11 is 0. The molecule has 24 heavy (non-hydrogen) atoms. The Morgan fingerprint density at radius 3 is 2.92 bits per heavy atom. The predicted octanol–water partition coefficient (Wildman–Crippen LogP) is 2.16. The molecule has 0 bridgehead atoms. The molecule has 2 aromatic rings. The van der Waals surface area contributed by atoms with E-state index in [1.165, 1.54) is 24.2 Å². The molecule has 130 valence electrons. The van der Waals surface area contributed by atoms with Gasteiger partial charge in [0.05, 0.1) is 24.1 Å². The number of rotatable bonds is 3. The molecule has 3 aliphatic rings. The summed E-state index contributed by atoms with van der Waals surface area (Å²) in [7, 11) is 0. The number of aromatic amines is 1. The first-order chi connectivity index (χ1) is 11.4. The predicted molar refractivity (Wildman–Crippen MR) is 88.0 cm³/mol. The zero-order chi connectivity index (χ0) is 15.3. The Hall–Kier alpha value is -1.44. The van der Waals surface area contributed by atoms with Gasteiger partial charge in [0.15, 0.2) is 5.82 Å². The number of fused-ring (bicyclic) bond motifs is 2. The first-order valence-corrected chi connectivity index (χ1v) is 8.53. The van der Waals surface area contributed by atoms with Gasteiger partial charge in [0.25, 0.3) is 0 Å². The van der Waals surface area contributed by atoms with Crippen LogP contribution in [0.2, 0.25) is 0 Å². The van der Waals surface area contributed by atoms with Crippen LogP contribution in [0.3, 0.4) is 0 Å². The normalized spacial score (nSPS) is 23.0. The zero-order valence-electron chi connectivity index (χ0n) is 13.5. The molecule has 5 rings (SSSR count). The van der Waals surface area contributed by atoms with Crippen LogP contribution in [-0.4, -0.2) is 44.8 Å². The van der Waals surface area contributed by atoms with E-state index in [4.69, 9.17) is 9.26 Å². The van der Waals surface area contributed by atoms with Gasteiger partial charge in [-0.05, 0) is 25.7 Å². The highest BCUT2D eigenvalue weighted by Crippen LogP contribution is 2.43. The number of nitrogens with zero attached hydrogens (tertiary/aromatic N) is 4. The Labute approximate surface area is 146 Å². The fraction of sp³-hybridized carbons (Fsp3) is 0.688. The van der Waals surface area contributed by atoms with Gasteiger partial charge in [-0.15, -0.1) is 12.4 Å². The molecule has 2 fully saturated rings. The second-order valence-corrected chi connectivity index (χ2v) is 6.87. The molecule has 8 heteroatoms. The Bertz CT molecular complexity index is 705. The van der Waals surface area contributed by atoms with Crippen LogP contribution in [0.1, 0.15) is 54.7 Å². The van der Waals surface area contributed by atoms with E-state index in [0.29, 0.717) is 5.92 Å². The van der Waals surface area contributed by atoms with E-state index in [-0.39, 0.29) is 17.9 Å². The average Bonchev–Trinajstić information content (AvgIpc) is 3.13. The maximum absolute atomic E-state index is 5.62. The topological polar surface area (TPSA) is 80.1 Å². The summed E-state index contributed by atoms with van der Waals surface area (Å²) in [5.74, 6) is 2.13. The van der Waals surface area contributed by atoms with Gasteiger partial charge < -0.3 is 14.2 Å². The lowest BCUT2D eigenvalue weighted by atomic mass is 9.80. The molecule has 0 aromatic carbocycles. The van der Waals surface area contributed by atoms with Crippen molar-refractivity contribution in [2.75, 3.05) is 19.8 Å². The lowest BCUT2D eigenvalue weighted by molar-refractivity contribution is -0.0462. The Balaban J connectivity index is 0.00000146. The third-order valence-electron chi connectivity index (χ3n) is 5.46. The average molecular weight is 352 g/mol. The summed E-state index contributed by atoms with van der Waals surface area (Å²) < 4.78 is 11.0. The van der Waals surface area contributed by atoms with Crippen LogP contribution in [0.4, 0.5) is 0 Å². The van der Waals surface area contributed by atoms with Crippen molar-refractivity contribution in [2.45, 2.75) is 50.1 Å². The van der Waals surface area contributed by atoms with E-state index in [2.05, 4.69) is 25.0 Å². The van der Waals surface area contributed by atoms with Crippen molar-refractivity contribution in [3.8, 4) is 0 Å². The molecule has 4 heterocycles. The highest BCUT2D eigenvalue weighted by atomic mass is 35.5. The number of aromatic nitrogens is 4. The number of ether oxygens (including phenoxy) is 1. The van der Waals surface area contributed by atoms with Crippen LogP contribution in [0, 0.1) is 0 Å². The summed E-state index contributed by atoms with van der Waals surface area (Å²) in [6, 6.07) is 0. The van der Waals surface area contributed by atoms with Crippen molar-refractivity contribution in [3.05, 3.63) is 29.4 Å².